The third-order valence-electron chi connectivity index (χ3n) is 6.33. The second-order valence-electron chi connectivity index (χ2n) is 7.91. The van der Waals surface area contributed by atoms with Crippen LogP contribution in [0.15, 0.2) is 72.8 Å². The molecule has 2 aromatic rings. The van der Waals surface area contributed by atoms with E-state index in [0.29, 0.717) is 5.57 Å². The average molecular weight is 370 g/mol. The number of carbonyl (C=O) groups is 2. The molecule has 3 nitrogen and oxygen atoms in total. The van der Waals surface area contributed by atoms with Crippen molar-refractivity contribution in [2.24, 2.45) is 17.8 Å². The molecule has 3 heteroatoms. The van der Waals surface area contributed by atoms with Gasteiger partial charge < -0.3 is 4.74 Å². The van der Waals surface area contributed by atoms with Gasteiger partial charge in [0.15, 0.2) is 5.78 Å². The molecular formula is C25H22O3. The van der Waals surface area contributed by atoms with Crippen LogP contribution in [0.2, 0.25) is 0 Å². The minimum Gasteiger partial charge on any atom is -0.454 e. The van der Waals surface area contributed by atoms with Gasteiger partial charge in [0.25, 0.3) is 0 Å². The van der Waals surface area contributed by atoms with Crippen LogP contribution in [0.3, 0.4) is 0 Å². The van der Waals surface area contributed by atoms with Crippen LogP contribution < -0.4 is 0 Å². The first-order valence-electron chi connectivity index (χ1n) is 10.0. The Kier molecular flexibility index (Phi) is 4.23. The fourth-order valence-corrected chi connectivity index (χ4v) is 5.04. The number of esters is 1. The number of fused-ring (bicyclic) bond motifs is 1. The number of cyclic esters (lactones) is 1. The van der Waals surface area contributed by atoms with Crippen molar-refractivity contribution in [3.63, 3.8) is 0 Å². The first-order valence-corrected chi connectivity index (χ1v) is 10.0. The molecule has 0 bridgehead atoms. The second kappa shape index (κ2) is 6.90. The molecular weight excluding hydrogens is 348 g/mol. The highest BCUT2D eigenvalue weighted by molar-refractivity contribution is 6.24. The molecule has 0 saturated heterocycles. The Morgan fingerprint density at radius 2 is 1.39 bits per heavy atom. The lowest BCUT2D eigenvalue weighted by Crippen LogP contribution is -2.37. The van der Waals surface area contributed by atoms with E-state index in [1.54, 1.807) is 0 Å². The highest BCUT2D eigenvalue weighted by Gasteiger charge is 2.48. The third-order valence-corrected chi connectivity index (χ3v) is 6.33. The van der Waals surface area contributed by atoms with Gasteiger partial charge in [0, 0.05) is 17.4 Å². The summed E-state index contributed by atoms with van der Waals surface area (Å²) in [4.78, 5) is 25.8. The summed E-state index contributed by atoms with van der Waals surface area (Å²) in [7, 11) is 0. The Hall–Kier alpha value is -2.94. The lowest BCUT2D eigenvalue weighted by Gasteiger charge is -2.35. The van der Waals surface area contributed by atoms with Crippen LogP contribution in [0.5, 0.6) is 0 Å². The Labute approximate surface area is 164 Å². The SMILES string of the molecule is O=C1OC(C2CCCC3C=C(c4ccccc4)C(=O)C32)C=C1c1ccccc1. The summed E-state index contributed by atoms with van der Waals surface area (Å²) in [5.74, 6) is 0.134. The molecule has 5 rings (SSSR count). The number of ether oxygens (including phenoxy) is 1. The van der Waals surface area contributed by atoms with E-state index in [4.69, 9.17) is 4.74 Å². The molecule has 0 aromatic heterocycles. The third kappa shape index (κ3) is 2.82. The van der Waals surface area contributed by atoms with Crippen molar-refractivity contribution in [2.75, 3.05) is 0 Å². The van der Waals surface area contributed by atoms with Crippen LogP contribution in [0, 0.1) is 17.8 Å². The fraction of sp³-hybridized carbons (Fsp3) is 0.280. The molecule has 1 fully saturated rings. The van der Waals surface area contributed by atoms with E-state index in [-0.39, 0.29) is 35.6 Å². The second-order valence-corrected chi connectivity index (χ2v) is 7.91. The predicted octanol–water partition coefficient (Wildman–Crippen LogP) is 4.69. The number of hydrogen-bond acceptors (Lipinski definition) is 3. The molecule has 2 aromatic carbocycles. The van der Waals surface area contributed by atoms with Crippen LogP contribution >= 0.6 is 0 Å². The summed E-state index contributed by atoms with van der Waals surface area (Å²) >= 11 is 0. The number of carbonyl (C=O) groups excluding carboxylic acids is 2. The Morgan fingerprint density at radius 1 is 0.750 bits per heavy atom. The summed E-state index contributed by atoms with van der Waals surface area (Å²) in [5, 5.41) is 0. The first-order chi connectivity index (χ1) is 13.7. The molecule has 0 radical (unpaired) electrons. The molecule has 0 spiro atoms. The van der Waals surface area contributed by atoms with Crippen LogP contribution in [-0.2, 0) is 14.3 Å². The fourth-order valence-electron chi connectivity index (χ4n) is 5.04. The monoisotopic (exact) mass is 370 g/mol. The molecule has 28 heavy (non-hydrogen) atoms. The lowest BCUT2D eigenvalue weighted by atomic mass is 9.70. The van der Waals surface area contributed by atoms with Crippen LogP contribution in [0.25, 0.3) is 11.1 Å². The van der Waals surface area contributed by atoms with Gasteiger partial charge in [-0.25, -0.2) is 4.79 Å². The molecule has 4 unspecified atom stereocenters. The zero-order chi connectivity index (χ0) is 19.1. The Balaban J connectivity index is 1.44. The van der Waals surface area contributed by atoms with Gasteiger partial charge in [0.1, 0.15) is 6.10 Å². The van der Waals surface area contributed by atoms with Gasteiger partial charge in [-0.3, -0.25) is 4.79 Å². The standard InChI is InChI=1S/C25H22O3/c26-24-20(16-8-3-1-4-9-16)14-18-12-7-13-19(23(18)24)22-15-21(25(27)28-22)17-10-5-2-6-11-17/h1-6,8-11,14-15,18-19,22-23H,7,12-13H2. The predicted molar refractivity (Wildman–Crippen MR) is 108 cm³/mol. The molecule has 1 aliphatic heterocycles. The molecule has 140 valence electrons. The molecule has 0 N–H and O–H groups in total. The topological polar surface area (TPSA) is 43.4 Å². The number of benzene rings is 2. The Bertz CT molecular complexity index is 971. The van der Waals surface area contributed by atoms with E-state index in [1.807, 2.05) is 66.7 Å². The largest absolute Gasteiger partial charge is 0.454 e. The van der Waals surface area contributed by atoms with Gasteiger partial charge in [-0.1, -0.05) is 73.2 Å². The average Bonchev–Trinajstić information content (AvgIpc) is 3.30. The normalized spacial score (nSPS) is 29.1. The van der Waals surface area contributed by atoms with Crippen molar-refractivity contribution in [1.29, 1.82) is 0 Å². The number of rotatable bonds is 3. The van der Waals surface area contributed by atoms with Crippen molar-refractivity contribution in [3.05, 3.63) is 83.9 Å². The van der Waals surface area contributed by atoms with Crippen LogP contribution in [-0.4, -0.2) is 17.9 Å². The van der Waals surface area contributed by atoms with Crippen LogP contribution in [0.1, 0.15) is 30.4 Å². The molecule has 2 aliphatic carbocycles. The summed E-state index contributed by atoms with van der Waals surface area (Å²) in [6.07, 6.45) is 6.78. The maximum Gasteiger partial charge on any atom is 0.339 e. The lowest BCUT2D eigenvalue weighted by molar-refractivity contribution is -0.143. The smallest absolute Gasteiger partial charge is 0.339 e. The summed E-state index contributed by atoms with van der Waals surface area (Å²) in [6.45, 7) is 0. The maximum atomic E-state index is 13.3. The highest BCUT2D eigenvalue weighted by atomic mass is 16.5. The summed E-state index contributed by atoms with van der Waals surface area (Å²) < 4.78 is 5.76. The van der Waals surface area contributed by atoms with E-state index >= 15 is 0 Å². The van der Waals surface area contributed by atoms with Gasteiger partial charge >= 0.3 is 5.97 Å². The van der Waals surface area contributed by atoms with Gasteiger partial charge in [-0.2, -0.15) is 0 Å². The molecule has 1 heterocycles. The van der Waals surface area contributed by atoms with E-state index in [2.05, 4.69) is 6.08 Å². The first kappa shape index (κ1) is 17.2. The quantitative estimate of drug-likeness (QED) is 0.736. The minimum atomic E-state index is -0.317. The summed E-state index contributed by atoms with van der Waals surface area (Å²) in [5.41, 5.74) is 3.32. The van der Waals surface area contributed by atoms with Crippen molar-refractivity contribution in [3.8, 4) is 0 Å². The molecule has 1 saturated carbocycles. The van der Waals surface area contributed by atoms with Gasteiger partial charge in [0.05, 0.1) is 5.57 Å². The molecule has 3 aliphatic rings. The maximum absolute atomic E-state index is 13.3. The van der Waals surface area contributed by atoms with E-state index in [9.17, 15) is 9.59 Å². The van der Waals surface area contributed by atoms with Crippen molar-refractivity contribution in [2.45, 2.75) is 25.4 Å². The van der Waals surface area contributed by atoms with Gasteiger partial charge in [0.2, 0.25) is 0 Å². The highest BCUT2D eigenvalue weighted by Crippen LogP contribution is 2.48. The number of allylic oxidation sites excluding steroid dienone is 2. The van der Waals surface area contributed by atoms with Gasteiger partial charge in [-0.15, -0.1) is 0 Å². The van der Waals surface area contributed by atoms with Crippen molar-refractivity contribution in [1.82, 2.24) is 0 Å². The molecule has 0 amide bonds. The van der Waals surface area contributed by atoms with Crippen molar-refractivity contribution < 1.29 is 14.3 Å². The number of hydrogen-bond donors (Lipinski definition) is 0. The zero-order valence-electron chi connectivity index (χ0n) is 15.6. The van der Waals surface area contributed by atoms with Crippen LogP contribution in [0.4, 0.5) is 0 Å². The minimum absolute atomic E-state index is 0.0499. The van der Waals surface area contributed by atoms with E-state index in [1.165, 1.54) is 0 Å². The van der Waals surface area contributed by atoms with Crippen molar-refractivity contribution >= 4 is 22.9 Å². The van der Waals surface area contributed by atoms with E-state index < -0.39 is 0 Å². The van der Waals surface area contributed by atoms with E-state index in [0.717, 1.165) is 36.0 Å². The summed E-state index contributed by atoms with van der Waals surface area (Å²) in [6, 6.07) is 19.5. The Morgan fingerprint density at radius 3 is 2.07 bits per heavy atom. The number of Topliss-reactive ketones (excluding diaryl/α,β-unsaturated/α-hetero) is 1. The molecule has 4 atom stereocenters. The zero-order valence-corrected chi connectivity index (χ0v) is 15.6. The number of ketones is 1. The van der Waals surface area contributed by atoms with Gasteiger partial charge in [-0.05, 0) is 36.0 Å².